The summed E-state index contributed by atoms with van der Waals surface area (Å²) in [7, 11) is -2.37. The molecule has 1 aromatic heterocycles. The topological polar surface area (TPSA) is 57.5 Å². The lowest BCUT2D eigenvalue weighted by molar-refractivity contribution is -0.347. The van der Waals surface area contributed by atoms with Crippen LogP contribution in [0.3, 0.4) is 0 Å². The van der Waals surface area contributed by atoms with Crippen molar-refractivity contribution in [3.05, 3.63) is 59.1 Å². The van der Waals surface area contributed by atoms with Crippen LogP contribution in [0.1, 0.15) is 10.6 Å². The summed E-state index contributed by atoms with van der Waals surface area (Å²) in [5.74, 6) is 0. The average molecular weight is 336 g/mol. The zero-order chi connectivity index (χ0) is 16.2. The first-order valence-electron chi connectivity index (χ1n) is 6.67. The Kier molecular flexibility index (Phi) is 5.28. The lowest BCUT2D eigenvalue weighted by atomic mass is 10.2. The van der Waals surface area contributed by atoms with E-state index in [9.17, 15) is 8.42 Å². The number of aromatic amines is 1. The van der Waals surface area contributed by atoms with E-state index in [0.717, 1.165) is 12.7 Å². The fourth-order valence-electron chi connectivity index (χ4n) is 1.84. The number of hydrogen-bond acceptors (Lipinski definition) is 4. The molecule has 6 heteroatoms. The Morgan fingerprint density at radius 3 is 2.23 bits per heavy atom. The largest absolute Gasteiger partial charge is 0.296 e. The molecule has 0 unspecified atom stereocenters. The first kappa shape index (κ1) is 16.6. The first-order chi connectivity index (χ1) is 10.4. The van der Waals surface area contributed by atoms with E-state index >= 15 is 0 Å². The highest BCUT2D eigenvalue weighted by Crippen LogP contribution is 2.16. The van der Waals surface area contributed by atoms with Crippen molar-refractivity contribution in [1.29, 1.82) is 0 Å². The van der Waals surface area contributed by atoms with Crippen LogP contribution in [0.25, 0.3) is 10.2 Å². The van der Waals surface area contributed by atoms with Crippen LogP contribution in [-0.2, 0) is 14.3 Å². The van der Waals surface area contributed by atoms with E-state index in [-0.39, 0.29) is 4.90 Å². The maximum Gasteiger partial charge on any atom is 0.296 e. The van der Waals surface area contributed by atoms with Crippen molar-refractivity contribution < 1.29 is 17.6 Å². The van der Waals surface area contributed by atoms with Gasteiger partial charge in [-0.2, -0.15) is 13.4 Å². The molecule has 3 aromatic rings. The van der Waals surface area contributed by atoms with Gasteiger partial charge in [0.1, 0.15) is 4.70 Å². The second-order valence-corrected chi connectivity index (χ2v) is 7.68. The molecule has 0 aliphatic rings. The maximum atomic E-state index is 11.1. The van der Waals surface area contributed by atoms with Gasteiger partial charge in [0.2, 0.25) is 10.5 Å². The van der Waals surface area contributed by atoms with Gasteiger partial charge in [0.25, 0.3) is 10.1 Å². The SMILES string of the molecule is COS(=O)(=O)c1ccc(C)cc1.Cc1[nH+]c2ccccc2s1. The lowest BCUT2D eigenvalue weighted by Gasteiger charge is -2.00. The van der Waals surface area contributed by atoms with E-state index in [1.165, 1.54) is 27.4 Å². The Morgan fingerprint density at radius 1 is 1.00 bits per heavy atom. The van der Waals surface area contributed by atoms with E-state index in [0.29, 0.717) is 0 Å². The number of nitrogens with one attached hydrogen (secondary N) is 1. The highest BCUT2D eigenvalue weighted by atomic mass is 32.2. The third kappa shape index (κ3) is 4.13. The molecule has 0 saturated heterocycles. The number of para-hydroxylation sites is 1. The highest BCUT2D eigenvalue weighted by Gasteiger charge is 2.11. The summed E-state index contributed by atoms with van der Waals surface area (Å²) in [5.41, 5.74) is 2.26. The summed E-state index contributed by atoms with van der Waals surface area (Å²) < 4.78 is 27.8. The Bertz CT molecular complexity index is 819. The normalized spacial score (nSPS) is 11.0. The summed E-state index contributed by atoms with van der Waals surface area (Å²) in [6.07, 6.45) is 0. The van der Waals surface area contributed by atoms with Gasteiger partial charge in [-0.05, 0) is 25.1 Å². The number of H-pyrrole nitrogens is 1. The molecule has 22 heavy (non-hydrogen) atoms. The van der Waals surface area contributed by atoms with E-state index in [4.69, 9.17) is 0 Å². The van der Waals surface area contributed by atoms with Gasteiger partial charge in [-0.3, -0.25) is 4.18 Å². The number of thiazole rings is 1. The molecule has 0 aliphatic carbocycles. The van der Waals surface area contributed by atoms with Crippen molar-refractivity contribution >= 4 is 31.7 Å². The van der Waals surface area contributed by atoms with Gasteiger partial charge in [-0.15, -0.1) is 0 Å². The molecule has 1 heterocycles. The Labute approximate surface area is 134 Å². The van der Waals surface area contributed by atoms with Crippen molar-refractivity contribution in [2.45, 2.75) is 18.7 Å². The lowest BCUT2D eigenvalue weighted by Crippen LogP contribution is -2.02. The number of hydrogen-bond donors (Lipinski definition) is 0. The van der Waals surface area contributed by atoms with E-state index < -0.39 is 10.1 Å². The van der Waals surface area contributed by atoms with Gasteiger partial charge in [0.15, 0.2) is 0 Å². The first-order valence-corrected chi connectivity index (χ1v) is 8.89. The zero-order valence-electron chi connectivity index (χ0n) is 12.7. The van der Waals surface area contributed by atoms with Crippen LogP contribution in [-0.4, -0.2) is 15.5 Å². The molecule has 0 amide bonds. The molecule has 0 atom stereocenters. The van der Waals surface area contributed by atoms with E-state index in [1.807, 2.05) is 13.0 Å². The minimum absolute atomic E-state index is 0.190. The molecule has 0 saturated carbocycles. The molecule has 0 radical (unpaired) electrons. The minimum Gasteiger partial charge on any atom is -0.270 e. The van der Waals surface area contributed by atoms with Crippen molar-refractivity contribution in [2.24, 2.45) is 0 Å². The Balaban J connectivity index is 0.000000162. The van der Waals surface area contributed by atoms with Crippen LogP contribution in [0.15, 0.2) is 53.4 Å². The zero-order valence-corrected chi connectivity index (χ0v) is 14.3. The molecular formula is C16H18NO3S2+. The minimum atomic E-state index is -3.51. The van der Waals surface area contributed by atoms with Gasteiger partial charge in [0.05, 0.1) is 12.0 Å². The number of benzene rings is 2. The molecule has 3 rings (SSSR count). The predicted octanol–water partition coefficient (Wildman–Crippen LogP) is 3.35. The summed E-state index contributed by atoms with van der Waals surface area (Å²) in [5, 5.41) is 1.27. The molecule has 2 aromatic carbocycles. The highest BCUT2D eigenvalue weighted by molar-refractivity contribution is 7.86. The quantitative estimate of drug-likeness (QED) is 0.674. The van der Waals surface area contributed by atoms with Gasteiger partial charge in [0, 0.05) is 13.0 Å². The molecule has 0 fully saturated rings. The average Bonchev–Trinajstić information content (AvgIpc) is 2.88. The molecule has 1 N–H and O–H groups in total. The standard InChI is InChI=1S/C8H7NS.C8H10O3S/c1-6-9-7-4-2-3-5-8(7)10-6;1-7-3-5-8(6-4-7)12(9,10)11-2/h2-5H,1H3;3-6H,1-2H3/p+1. The van der Waals surface area contributed by atoms with Crippen LogP contribution in [0.2, 0.25) is 0 Å². The van der Waals surface area contributed by atoms with Crippen molar-refractivity contribution in [2.75, 3.05) is 7.11 Å². The van der Waals surface area contributed by atoms with Gasteiger partial charge < -0.3 is 0 Å². The van der Waals surface area contributed by atoms with Gasteiger partial charge in [-0.1, -0.05) is 41.2 Å². The maximum absolute atomic E-state index is 11.1. The van der Waals surface area contributed by atoms with E-state index in [1.54, 1.807) is 23.5 Å². The molecule has 116 valence electrons. The van der Waals surface area contributed by atoms with Crippen molar-refractivity contribution in [3.8, 4) is 0 Å². The third-order valence-electron chi connectivity index (χ3n) is 2.99. The fourth-order valence-corrected chi connectivity index (χ4v) is 3.37. The molecule has 0 bridgehead atoms. The number of aromatic nitrogens is 1. The molecule has 0 spiro atoms. The van der Waals surface area contributed by atoms with Crippen molar-refractivity contribution in [3.63, 3.8) is 0 Å². The molecule has 4 nitrogen and oxygen atoms in total. The van der Waals surface area contributed by atoms with Crippen LogP contribution in [0.4, 0.5) is 0 Å². The second-order valence-electron chi connectivity index (χ2n) is 4.71. The number of rotatable bonds is 2. The summed E-state index contributed by atoms with van der Waals surface area (Å²) in [4.78, 5) is 3.47. The third-order valence-corrected chi connectivity index (χ3v) is 5.26. The number of fused-ring (bicyclic) bond motifs is 1. The van der Waals surface area contributed by atoms with Crippen LogP contribution >= 0.6 is 11.3 Å². The van der Waals surface area contributed by atoms with E-state index in [2.05, 4.69) is 34.3 Å². The fraction of sp³-hybridized carbons (Fsp3) is 0.188. The summed E-state index contributed by atoms with van der Waals surface area (Å²) >= 11 is 1.80. The molecular weight excluding hydrogens is 318 g/mol. The molecule has 0 aliphatic heterocycles. The summed E-state index contributed by atoms with van der Waals surface area (Å²) in [6, 6.07) is 14.8. The Morgan fingerprint density at radius 2 is 1.64 bits per heavy atom. The van der Waals surface area contributed by atoms with Crippen LogP contribution in [0, 0.1) is 13.8 Å². The second kappa shape index (κ2) is 7.00. The number of aryl methyl sites for hydroxylation is 2. The monoisotopic (exact) mass is 336 g/mol. The summed E-state index contributed by atoms with van der Waals surface area (Å²) in [6.45, 7) is 3.98. The predicted molar refractivity (Wildman–Crippen MR) is 88.5 cm³/mol. The van der Waals surface area contributed by atoms with Crippen LogP contribution < -0.4 is 4.98 Å². The van der Waals surface area contributed by atoms with Crippen molar-refractivity contribution in [1.82, 2.24) is 0 Å². The van der Waals surface area contributed by atoms with Crippen LogP contribution in [0.5, 0.6) is 0 Å². The van der Waals surface area contributed by atoms with Gasteiger partial charge >= 0.3 is 0 Å². The smallest absolute Gasteiger partial charge is 0.270 e. The van der Waals surface area contributed by atoms with Gasteiger partial charge in [-0.25, -0.2) is 0 Å². The Hall–Kier alpha value is -1.76.